The molecular formula is C13H19N5O2S. The molecule has 0 aliphatic carbocycles. The molecule has 2 heterocycles. The van der Waals surface area contributed by atoms with Crippen LogP contribution in [0.15, 0.2) is 10.7 Å². The molecule has 0 spiro atoms. The van der Waals surface area contributed by atoms with Crippen LogP contribution in [0.2, 0.25) is 0 Å². The minimum absolute atomic E-state index is 0.246. The van der Waals surface area contributed by atoms with Gasteiger partial charge in [0.25, 0.3) is 0 Å². The van der Waals surface area contributed by atoms with Crippen LogP contribution in [0.25, 0.3) is 0 Å². The van der Waals surface area contributed by atoms with Crippen molar-refractivity contribution in [2.45, 2.75) is 39.7 Å². The molecule has 8 heteroatoms. The van der Waals surface area contributed by atoms with Crippen LogP contribution in [0, 0.1) is 13.8 Å². The molecule has 2 aromatic heterocycles. The van der Waals surface area contributed by atoms with Crippen LogP contribution < -0.4 is 10.6 Å². The first kappa shape index (κ1) is 15.4. The number of thiazole rings is 1. The number of carbonyl (C=O) groups is 1. The van der Waals surface area contributed by atoms with Crippen molar-refractivity contribution in [1.82, 2.24) is 25.8 Å². The maximum Gasteiger partial charge on any atom is 0.315 e. The fourth-order valence-electron chi connectivity index (χ4n) is 1.75. The van der Waals surface area contributed by atoms with Crippen molar-refractivity contribution in [3.05, 3.63) is 27.8 Å². The molecule has 0 radical (unpaired) electrons. The highest BCUT2D eigenvalue weighted by molar-refractivity contribution is 7.11. The summed E-state index contributed by atoms with van der Waals surface area (Å²) in [5.41, 5.74) is -0.510. The third-order valence-electron chi connectivity index (χ3n) is 2.78. The van der Waals surface area contributed by atoms with Gasteiger partial charge in [-0.25, -0.2) is 9.78 Å². The van der Waals surface area contributed by atoms with Gasteiger partial charge in [-0.3, -0.25) is 0 Å². The summed E-state index contributed by atoms with van der Waals surface area (Å²) in [6, 6.07) is -0.246. The van der Waals surface area contributed by atoms with Crippen molar-refractivity contribution in [3.63, 3.8) is 0 Å². The Balaban J connectivity index is 1.81. The summed E-state index contributed by atoms with van der Waals surface area (Å²) < 4.78 is 4.98. The smallest absolute Gasteiger partial charge is 0.315 e. The zero-order valence-corrected chi connectivity index (χ0v) is 13.4. The first-order valence-corrected chi connectivity index (χ1v) is 7.46. The summed E-state index contributed by atoms with van der Waals surface area (Å²) in [6.45, 7) is 8.02. The Hall–Kier alpha value is -1.96. The fourth-order valence-corrected chi connectivity index (χ4v) is 2.57. The van der Waals surface area contributed by atoms with Crippen LogP contribution in [0.1, 0.15) is 35.4 Å². The van der Waals surface area contributed by atoms with E-state index >= 15 is 0 Å². The Morgan fingerprint density at radius 1 is 1.43 bits per heavy atom. The molecule has 0 aromatic carbocycles. The van der Waals surface area contributed by atoms with Gasteiger partial charge in [0, 0.05) is 24.0 Å². The lowest BCUT2D eigenvalue weighted by Gasteiger charge is -2.23. The number of aromatic nitrogens is 3. The van der Waals surface area contributed by atoms with Gasteiger partial charge in [0.15, 0.2) is 5.82 Å². The van der Waals surface area contributed by atoms with E-state index in [0.717, 1.165) is 9.88 Å². The number of hydrogen-bond donors (Lipinski definition) is 2. The Labute approximate surface area is 127 Å². The highest BCUT2D eigenvalue weighted by atomic mass is 32.1. The van der Waals surface area contributed by atoms with Crippen LogP contribution in [-0.4, -0.2) is 27.7 Å². The number of urea groups is 1. The number of amides is 2. The van der Waals surface area contributed by atoms with E-state index < -0.39 is 5.54 Å². The lowest BCUT2D eigenvalue weighted by Crippen LogP contribution is -2.46. The number of carbonyl (C=O) groups excluding carboxylic acids is 1. The van der Waals surface area contributed by atoms with Crippen molar-refractivity contribution in [2.24, 2.45) is 0 Å². The summed E-state index contributed by atoms with van der Waals surface area (Å²) in [6.07, 6.45) is 2.31. The largest absolute Gasteiger partial charge is 0.339 e. The van der Waals surface area contributed by atoms with Gasteiger partial charge in [-0.2, -0.15) is 4.98 Å². The fraction of sp³-hybridized carbons (Fsp3) is 0.538. The molecule has 0 fully saturated rings. The molecule has 2 aromatic rings. The number of rotatable bonds is 5. The predicted octanol–water partition coefficient (Wildman–Crippen LogP) is 1.92. The van der Waals surface area contributed by atoms with Gasteiger partial charge in [-0.05, 0) is 27.7 Å². The Bertz CT molecular complexity index is 620. The van der Waals surface area contributed by atoms with Crippen molar-refractivity contribution in [3.8, 4) is 0 Å². The van der Waals surface area contributed by atoms with Crippen LogP contribution in [-0.2, 0) is 12.0 Å². The zero-order chi connectivity index (χ0) is 15.5. The van der Waals surface area contributed by atoms with Gasteiger partial charge < -0.3 is 15.2 Å². The van der Waals surface area contributed by atoms with E-state index in [4.69, 9.17) is 4.52 Å². The predicted molar refractivity (Wildman–Crippen MR) is 79.2 cm³/mol. The maximum atomic E-state index is 11.9. The van der Waals surface area contributed by atoms with E-state index in [1.54, 1.807) is 24.5 Å². The quantitative estimate of drug-likeness (QED) is 0.880. The van der Waals surface area contributed by atoms with E-state index in [9.17, 15) is 4.79 Å². The second-order valence-corrected chi connectivity index (χ2v) is 6.50. The van der Waals surface area contributed by atoms with E-state index in [1.807, 2.05) is 20.8 Å². The Kier molecular flexibility index (Phi) is 4.56. The molecule has 0 bridgehead atoms. The zero-order valence-electron chi connectivity index (χ0n) is 12.6. The normalized spacial score (nSPS) is 11.4. The first-order chi connectivity index (χ1) is 9.87. The van der Waals surface area contributed by atoms with Crippen molar-refractivity contribution >= 4 is 17.4 Å². The number of hydrogen-bond acceptors (Lipinski definition) is 6. The van der Waals surface area contributed by atoms with Crippen LogP contribution >= 0.6 is 11.3 Å². The van der Waals surface area contributed by atoms with Crippen LogP contribution in [0.5, 0.6) is 0 Å². The molecule has 2 rings (SSSR count). The van der Waals surface area contributed by atoms with Gasteiger partial charge in [0.2, 0.25) is 5.89 Å². The lowest BCUT2D eigenvalue weighted by molar-refractivity contribution is 0.229. The molecule has 2 N–H and O–H groups in total. The number of aryl methyl sites for hydroxylation is 2. The van der Waals surface area contributed by atoms with Crippen LogP contribution in [0.4, 0.5) is 4.79 Å². The topological polar surface area (TPSA) is 92.9 Å². The molecule has 0 aliphatic heterocycles. The third kappa shape index (κ3) is 4.25. The highest BCUT2D eigenvalue weighted by Gasteiger charge is 2.25. The average Bonchev–Trinajstić information content (AvgIpc) is 2.98. The Morgan fingerprint density at radius 2 is 2.19 bits per heavy atom. The van der Waals surface area contributed by atoms with E-state index in [-0.39, 0.29) is 6.03 Å². The molecule has 114 valence electrons. The lowest BCUT2D eigenvalue weighted by atomic mass is 10.1. The third-order valence-corrected chi connectivity index (χ3v) is 4.01. The van der Waals surface area contributed by atoms with Gasteiger partial charge in [0.05, 0.1) is 5.54 Å². The Morgan fingerprint density at radius 3 is 2.76 bits per heavy atom. The van der Waals surface area contributed by atoms with Gasteiger partial charge >= 0.3 is 6.03 Å². The van der Waals surface area contributed by atoms with Gasteiger partial charge in [0.1, 0.15) is 5.01 Å². The van der Waals surface area contributed by atoms with Gasteiger partial charge in [-0.15, -0.1) is 11.3 Å². The molecule has 21 heavy (non-hydrogen) atoms. The molecule has 0 atom stereocenters. The SMILES string of the molecule is Cc1noc(CCNC(=O)NC(C)(C)c2ncc(C)s2)n1. The average molecular weight is 309 g/mol. The number of nitrogens with one attached hydrogen (secondary N) is 2. The van der Waals surface area contributed by atoms with Crippen molar-refractivity contribution in [1.29, 1.82) is 0 Å². The summed E-state index contributed by atoms with van der Waals surface area (Å²) in [5.74, 6) is 1.11. The second-order valence-electron chi connectivity index (χ2n) is 5.27. The van der Waals surface area contributed by atoms with E-state index in [1.165, 1.54) is 0 Å². The molecule has 0 unspecified atom stereocenters. The summed E-state index contributed by atoms with van der Waals surface area (Å²) in [7, 11) is 0. The van der Waals surface area contributed by atoms with Gasteiger partial charge in [-0.1, -0.05) is 5.16 Å². The molecular weight excluding hydrogens is 290 g/mol. The molecule has 7 nitrogen and oxygen atoms in total. The summed E-state index contributed by atoms with van der Waals surface area (Å²) in [5, 5.41) is 10.3. The maximum absolute atomic E-state index is 11.9. The highest BCUT2D eigenvalue weighted by Crippen LogP contribution is 2.24. The standard InChI is InChI=1S/C13H19N5O2S/c1-8-7-15-11(21-8)13(3,4)17-12(19)14-6-5-10-16-9(2)18-20-10/h7H,5-6H2,1-4H3,(H2,14,17,19). The van der Waals surface area contributed by atoms with Crippen molar-refractivity contribution < 1.29 is 9.32 Å². The molecule has 0 saturated heterocycles. The second kappa shape index (κ2) is 6.21. The minimum atomic E-state index is -0.510. The minimum Gasteiger partial charge on any atom is -0.339 e. The van der Waals surface area contributed by atoms with E-state index in [0.29, 0.717) is 24.7 Å². The first-order valence-electron chi connectivity index (χ1n) is 6.65. The monoisotopic (exact) mass is 309 g/mol. The summed E-state index contributed by atoms with van der Waals surface area (Å²) >= 11 is 1.57. The number of nitrogens with zero attached hydrogens (tertiary/aromatic N) is 3. The van der Waals surface area contributed by atoms with Crippen molar-refractivity contribution in [2.75, 3.05) is 6.54 Å². The molecule has 2 amide bonds. The molecule has 0 saturated carbocycles. The van der Waals surface area contributed by atoms with Crippen LogP contribution in [0.3, 0.4) is 0 Å². The van der Waals surface area contributed by atoms with E-state index in [2.05, 4.69) is 25.8 Å². The molecule has 0 aliphatic rings. The summed E-state index contributed by atoms with van der Waals surface area (Å²) in [4.78, 5) is 21.4.